The summed E-state index contributed by atoms with van der Waals surface area (Å²) >= 11 is 0. The van der Waals surface area contributed by atoms with Gasteiger partial charge in [0, 0.05) is 6.54 Å². The second kappa shape index (κ2) is 6.45. The molecule has 0 radical (unpaired) electrons. The molecule has 1 aromatic heterocycles. The molecule has 4 nitrogen and oxygen atoms in total. The van der Waals surface area contributed by atoms with Crippen molar-refractivity contribution in [1.82, 2.24) is 4.98 Å². The van der Waals surface area contributed by atoms with Gasteiger partial charge in [0.25, 0.3) is 0 Å². The van der Waals surface area contributed by atoms with Gasteiger partial charge in [0.15, 0.2) is 0 Å². The molecule has 0 unspecified atom stereocenters. The fourth-order valence-corrected chi connectivity index (χ4v) is 2.07. The Morgan fingerprint density at radius 1 is 1.35 bits per heavy atom. The van der Waals surface area contributed by atoms with E-state index in [0.29, 0.717) is 6.10 Å². The summed E-state index contributed by atoms with van der Waals surface area (Å²) in [6.45, 7) is 1.55. The van der Waals surface area contributed by atoms with Crippen molar-refractivity contribution in [3.8, 4) is 5.75 Å². The molecule has 1 aliphatic rings. The first-order valence-electron chi connectivity index (χ1n) is 6.24. The van der Waals surface area contributed by atoms with Gasteiger partial charge in [-0.1, -0.05) is 12.8 Å². The van der Waals surface area contributed by atoms with Gasteiger partial charge < -0.3 is 14.8 Å². The molecule has 1 aromatic rings. The standard InChI is InChI=1S/C13H20N2O2/c1-16-12-6-7-13(15-10-12)14-8-9-17-11-4-2-3-5-11/h6-7,10-11H,2-5,8-9H2,1H3,(H,14,15). The van der Waals surface area contributed by atoms with Crippen LogP contribution in [0.2, 0.25) is 0 Å². The number of pyridine rings is 1. The van der Waals surface area contributed by atoms with Crippen molar-refractivity contribution < 1.29 is 9.47 Å². The molecular weight excluding hydrogens is 216 g/mol. The molecular formula is C13H20N2O2. The molecule has 0 amide bonds. The molecule has 0 atom stereocenters. The summed E-state index contributed by atoms with van der Waals surface area (Å²) < 4.78 is 10.8. The smallest absolute Gasteiger partial charge is 0.137 e. The fourth-order valence-electron chi connectivity index (χ4n) is 2.07. The Hall–Kier alpha value is -1.29. The van der Waals surface area contributed by atoms with E-state index >= 15 is 0 Å². The molecule has 1 fully saturated rings. The number of hydrogen-bond acceptors (Lipinski definition) is 4. The third-order valence-corrected chi connectivity index (χ3v) is 3.04. The topological polar surface area (TPSA) is 43.4 Å². The lowest BCUT2D eigenvalue weighted by Crippen LogP contribution is -2.15. The van der Waals surface area contributed by atoms with Crippen LogP contribution in [0.15, 0.2) is 18.3 Å². The highest BCUT2D eigenvalue weighted by Crippen LogP contribution is 2.20. The Labute approximate surface area is 102 Å². The molecule has 1 N–H and O–H groups in total. The second-order valence-electron chi connectivity index (χ2n) is 4.29. The molecule has 0 saturated heterocycles. The summed E-state index contributed by atoms with van der Waals surface area (Å²) in [5.74, 6) is 1.64. The van der Waals surface area contributed by atoms with E-state index < -0.39 is 0 Å². The van der Waals surface area contributed by atoms with Crippen LogP contribution in [0.5, 0.6) is 5.75 Å². The van der Waals surface area contributed by atoms with Gasteiger partial charge in [-0.3, -0.25) is 0 Å². The van der Waals surface area contributed by atoms with Crippen molar-refractivity contribution in [2.24, 2.45) is 0 Å². The normalized spacial score (nSPS) is 16.1. The summed E-state index contributed by atoms with van der Waals surface area (Å²) in [5, 5.41) is 3.23. The van der Waals surface area contributed by atoms with E-state index in [-0.39, 0.29) is 0 Å². The van der Waals surface area contributed by atoms with Crippen LogP contribution in [0.1, 0.15) is 25.7 Å². The number of rotatable bonds is 6. The summed E-state index contributed by atoms with van der Waals surface area (Å²) in [7, 11) is 1.64. The number of anilines is 1. The minimum atomic E-state index is 0.487. The minimum absolute atomic E-state index is 0.487. The molecule has 1 aliphatic carbocycles. The second-order valence-corrected chi connectivity index (χ2v) is 4.29. The monoisotopic (exact) mass is 236 g/mol. The van der Waals surface area contributed by atoms with Gasteiger partial charge in [0.1, 0.15) is 11.6 Å². The predicted molar refractivity (Wildman–Crippen MR) is 67.5 cm³/mol. The van der Waals surface area contributed by atoms with Crippen molar-refractivity contribution in [2.75, 3.05) is 25.6 Å². The zero-order chi connectivity index (χ0) is 11.9. The first-order chi connectivity index (χ1) is 8.38. The molecule has 2 rings (SSSR count). The fraction of sp³-hybridized carbons (Fsp3) is 0.615. The van der Waals surface area contributed by atoms with Gasteiger partial charge in [-0.05, 0) is 25.0 Å². The lowest BCUT2D eigenvalue weighted by molar-refractivity contribution is 0.0658. The van der Waals surface area contributed by atoms with Crippen LogP contribution in [0.4, 0.5) is 5.82 Å². The maximum atomic E-state index is 5.75. The van der Waals surface area contributed by atoms with E-state index in [9.17, 15) is 0 Å². The SMILES string of the molecule is COc1ccc(NCCOC2CCCC2)nc1. The maximum Gasteiger partial charge on any atom is 0.137 e. The van der Waals surface area contributed by atoms with Crippen molar-refractivity contribution >= 4 is 5.82 Å². The molecule has 94 valence electrons. The Bertz CT molecular complexity index is 321. The first kappa shape index (κ1) is 12.2. The van der Waals surface area contributed by atoms with Crippen LogP contribution >= 0.6 is 0 Å². The third-order valence-electron chi connectivity index (χ3n) is 3.04. The molecule has 1 saturated carbocycles. The van der Waals surface area contributed by atoms with Crippen LogP contribution in [-0.4, -0.2) is 31.3 Å². The molecule has 4 heteroatoms. The molecule has 0 bridgehead atoms. The number of nitrogens with one attached hydrogen (secondary N) is 1. The van der Waals surface area contributed by atoms with Crippen LogP contribution in [0.3, 0.4) is 0 Å². The third kappa shape index (κ3) is 3.89. The van der Waals surface area contributed by atoms with Gasteiger partial charge in [-0.25, -0.2) is 4.98 Å². The van der Waals surface area contributed by atoms with Gasteiger partial charge in [-0.2, -0.15) is 0 Å². The van der Waals surface area contributed by atoms with Crippen molar-refractivity contribution in [1.29, 1.82) is 0 Å². The van der Waals surface area contributed by atoms with E-state index in [2.05, 4.69) is 10.3 Å². The van der Waals surface area contributed by atoms with Gasteiger partial charge in [0.05, 0.1) is 26.0 Å². The number of ether oxygens (including phenoxy) is 2. The highest BCUT2D eigenvalue weighted by atomic mass is 16.5. The highest BCUT2D eigenvalue weighted by molar-refractivity contribution is 5.37. The van der Waals surface area contributed by atoms with E-state index in [1.807, 2.05) is 12.1 Å². The Morgan fingerprint density at radius 3 is 2.82 bits per heavy atom. The van der Waals surface area contributed by atoms with Crippen molar-refractivity contribution in [3.05, 3.63) is 18.3 Å². The Kier molecular flexibility index (Phi) is 4.62. The number of nitrogens with zero attached hydrogens (tertiary/aromatic N) is 1. The highest BCUT2D eigenvalue weighted by Gasteiger charge is 2.14. The quantitative estimate of drug-likeness (QED) is 0.770. The maximum absolute atomic E-state index is 5.75. The number of aromatic nitrogens is 1. The molecule has 17 heavy (non-hydrogen) atoms. The summed E-state index contributed by atoms with van der Waals surface area (Å²) in [5.41, 5.74) is 0. The molecule has 1 heterocycles. The van der Waals surface area contributed by atoms with Gasteiger partial charge >= 0.3 is 0 Å². The average Bonchev–Trinajstić information content (AvgIpc) is 2.88. The van der Waals surface area contributed by atoms with Crippen molar-refractivity contribution in [3.63, 3.8) is 0 Å². The van der Waals surface area contributed by atoms with E-state index in [4.69, 9.17) is 9.47 Å². The van der Waals surface area contributed by atoms with Crippen LogP contribution in [0.25, 0.3) is 0 Å². The van der Waals surface area contributed by atoms with E-state index in [0.717, 1.165) is 24.7 Å². The van der Waals surface area contributed by atoms with Crippen LogP contribution in [-0.2, 0) is 4.74 Å². The largest absolute Gasteiger partial charge is 0.495 e. The molecule has 0 aromatic carbocycles. The number of methoxy groups -OCH3 is 1. The Morgan fingerprint density at radius 2 is 2.18 bits per heavy atom. The van der Waals surface area contributed by atoms with E-state index in [1.165, 1.54) is 25.7 Å². The first-order valence-corrected chi connectivity index (χ1v) is 6.24. The Balaban J connectivity index is 1.63. The average molecular weight is 236 g/mol. The zero-order valence-corrected chi connectivity index (χ0v) is 10.3. The van der Waals surface area contributed by atoms with Gasteiger partial charge in [-0.15, -0.1) is 0 Å². The summed E-state index contributed by atoms with van der Waals surface area (Å²) in [4.78, 5) is 4.23. The minimum Gasteiger partial charge on any atom is -0.495 e. The van der Waals surface area contributed by atoms with Crippen LogP contribution in [0, 0.1) is 0 Å². The van der Waals surface area contributed by atoms with Crippen molar-refractivity contribution in [2.45, 2.75) is 31.8 Å². The molecule has 0 spiro atoms. The predicted octanol–water partition coefficient (Wildman–Crippen LogP) is 2.46. The van der Waals surface area contributed by atoms with Gasteiger partial charge in [0.2, 0.25) is 0 Å². The lowest BCUT2D eigenvalue weighted by atomic mass is 10.3. The zero-order valence-electron chi connectivity index (χ0n) is 10.3. The number of hydrogen-bond donors (Lipinski definition) is 1. The summed E-state index contributed by atoms with van der Waals surface area (Å²) in [6.07, 6.45) is 7.28. The van der Waals surface area contributed by atoms with E-state index in [1.54, 1.807) is 13.3 Å². The molecule has 0 aliphatic heterocycles. The van der Waals surface area contributed by atoms with Crippen LogP contribution < -0.4 is 10.1 Å². The lowest BCUT2D eigenvalue weighted by Gasteiger charge is -2.11. The summed E-state index contributed by atoms with van der Waals surface area (Å²) in [6, 6.07) is 3.81.